The van der Waals surface area contributed by atoms with Crippen molar-refractivity contribution >= 4 is 5.97 Å². The van der Waals surface area contributed by atoms with Gasteiger partial charge in [-0.3, -0.25) is 4.79 Å². The molecule has 14 heavy (non-hydrogen) atoms. The average Bonchev–Trinajstić information content (AvgIpc) is 2.01. The third kappa shape index (κ3) is 2.53. The van der Waals surface area contributed by atoms with Crippen LogP contribution < -0.4 is 5.73 Å². The van der Waals surface area contributed by atoms with Crippen LogP contribution >= 0.6 is 0 Å². The van der Waals surface area contributed by atoms with Crippen LogP contribution in [0.25, 0.3) is 0 Å². The summed E-state index contributed by atoms with van der Waals surface area (Å²) in [6.07, 6.45) is -0.170. The summed E-state index contributed by atoms with van der Waals surface area (Å²) in [5, 5.41) is 8.49. The van der Waals surface area contributed by atoms with E-state index < -0.39 is 11.8 Å². The number of halogens is 1. The molecule has 1 atom stereocenters. The molecule has 0 saturated carbocycles. The van der Waals surface area contributed by atoms with Gasteiger partial charge in [-0.15, -0.1) is 0 Å². The molecule has 0 aliphatic rings. The van der Waals surface area contributed by atoms with Gasteiger partial charge in [0.2, 0.25) is 0 Å². The molecule has 1 aromatic carbocycles. The van der Waals surface area contributed by atoms with E-state index in [1.165, 1.54) is 12.1 Å². The van der Waals surface area contributed by atoms with E-state index in [4.69, 9.17) is 10.8 Å². The Bertz CT molecular complexity index is 350. The molecule has 0 aliphatic heterocycles. The maximum absolute atomic E-state index is 13.3. The van der Waals surface area contributed by atoms with Gasteiger partial charge >= 0.3 is 5.97 Å². The maximum Gasteiger partial charge on any atom is 0.307 e. The molecule has 0 saturated heterocycles. The zero-order valence-corrected chi connectivity index (χ0v) is 7.83. The normalized spacial score (nSPS) is 12.5. The van der Waals surface area contributed by atoms with E-state index in [-0.39, 0.29) is 12.5 Å². The number of rotatable bonds is 3. The summed E-state index contributed by atoms with van der Waals surface area (Å²) >= 11 is 0. The van der Waals surface area contributed by atoms with Crippen molar-refractivity contribution in [1.82, 2.24) is 0 Å². The third-order valence-corrected chi connectivity index (χ3v) is 1.91. The van der Waals surface area contributed by atoms with Crippen molar-refractivity contribution in [2.75, 3.05) is 0 Å². The molecular formula is C10H12FNO2. The first-order valence-electron chi connectivity index (χ1n) is 4.26. The molecule has 1 aromatic rings. The number of carboxylic acids is 1. The summed E-state index contributed by atoms with van der Waals surface area (Å²) in [7, 11) is 0. The van der Waals surface area contributed by atoms with E-state index in [0.717, 1.165) is 0 Å². The lowest BCUT2D eigenvalue weighted by Gasteiger charge is -2.07. The SMILES string of the molecule is CC(N)c1ccc(CC(=O)O)cc1F. The predicted octanol–water partition coefficient (Wildman–Crippen LogP) is 1.47. The van der Waals surface area contributed by atoms with Crippen molar-refractivity contribution in [2.24, 2.45) is 5.73 Å². The van der Waals surface area contributed by atoms with Gasteiger partial charge in [0, 0.05) is 11.6 Å². The Morgan fingerprint density at radius 2 is 2.29 bits per heavy atom. The van der Waals surface area contributed by atoms with Crippen LogP contribution in [-0.2, 0) is 11.2 Å². The van der Waals surface area contributed by atoms with Crippen LogP contribution in [0.5, 0.6) is 0 Å². The second-order valence-electron chi connectivity index (χ2n) is 3.22. The van der Waals surface area contributed by atoms with Gasteiger partial charge in [-0.2, -0.15) is 0 Å². The molecule has 0 fully saturated rings. The van der Waals surface area contributed by atoms with E-state index >= 15 is 0 Å². The van der Waals surface area contributed by atoms with Crippen molar-refractivity contribution in [2.45, 2.75) is 19.4 Å². The van der Waals surface area contributed by atoms with Gasteiger partial charge in [0.1, 0.15) is 5.82 Å². The van der Waals surface area contributed by atoms with Crippen LogP contribution in [0.2, 0.25) is 0 Å². The first-order chi connectivity index (χ1) is 6.50. The highest BCUT2D eigenvalue weighted by atomic mass is 19.1. The maximum atomic E-state index is 13.3. The Balaban J connectivity index is 2.94. The van der Waals surface area contributed by atoms with Gasteiger partial charge in [0.05, 0.1) is 6.42 Å². The highest BCUT2D eigenvalue weighted by molar-refractivity contribution is 5.70. The minimum atomic E-state index is -0.974. The van der Waals surface area contributed by atoms with Gasteiger partial charge in [0.25, 0.3) is 0 Å². The molecule has 0 bridgehead atoms. The fourth-order valence-electron chi connectivity index (χ4n) is 1.22. The van der Waals surface area contributed by atoms with Crippen molar-refractivity contribution in [1.29, 1.82) is 0 Å². The molecule has 3 N–H and O–H groups in total. The van der Waals surface area contributed by atoms with E-state index in [1.54, 1.807) is 13.0 Å². The molecule has 0 aliphatic carbocycles. The van der Waals surface area contributed by atoms with Gasteiger partial charge in [-0.1, -0.05) is 12.1 Å². The fourth-order valence-corrected chi connectivity index (χ4v) is 1.22. The van der Waals surface area contributed by atoms with Crippen LogP contribution in [-0.4, -0.2) is 11.1 Å². The molecule has 76 valence electrons. The standard InChI is InChI=1S/C10H12FNO2/c1-6(12)8-3-2-7(4-9(8)11)5-10(13)14/h2-4,6H,5,12H2,1H3,(H,13,14). The van der Waals surface area contributed by atoms with Gasteiger partial charge < -0.3 is 10.8 Å². The molecule has 3 nitrogen and oxygen atoms in total. The molecule has 0 radical (unpaired) electrons. The Kier molecular flexibility index (Phi) is 3.19. The monoisotopic (exact) mass is 197 g/mol. The van der Waals surface area contributed by atoms with Crippen molar-refractivity contribution < 1.29 is 14.3 Å². The van der Waals surface area contributed by atoms with Crippen LogP contribution in [0.3, 0.4) is 0 Å². The molecule has 0 aromatic heterocycles. The zero-order valence-electron chi connectivity index (χ0n) is 7.83. The number of nitrogens with two attached hydrogens (primary N) is 1. The summed E-state index contributed by atoms with van der Waals surface area (Å²) in [5.41, 5.74) is 6.36. The summed E-state index contributed by atoms with van der Waals surface area (Å²) in [6, 6.07) is 3.94. The smallest absolute Gasteiger partial charge is 0.307 e. The number of benzene rings is 1. The summed E-state index contributed by atoms with van der Waals surface area (Å²) in [4.78, 5) is 10.4. The van der Waals surface area contributed by atoms with Crippen molar-refractivity contribution in [3.63, 3.8) is 0 Å². The second-order valence-corrected chi connectivity index (χ2v) is 3.22. The lowest BCUT2D eigenvalue weighted by molar-refractivity contribution is -0.136. The highest BCUT2D eigenvalue weighted by Gasteiger charge is 2.08. The van der Waals surface area contributed by atoms with Crippen LogP contribution in [0.1, 0.15) is 24.1 Å². The molecule has 1 rings (SSSR count). The molecule has 1 unspecified atom stereocenters. The minimum absolute atomic E-state index is 0.170. The minimum Gasteiger partial charge on any atom is -0.481 e. The Morgan fingerprint density at radius 1 is 1.64 bits per heavy atom. The highest BCUT2D eigenvalue weighted by Crippen LogP contribution is 2.16. The molecule has 4 heteroatoms. The number of hydrogen-bond donors (Lipinski definition) is 2. The van der Waals surface area contributed by atoms with Crippen LogP contribution in [0.15, 0.2) is 18.2 Å². The van der Waals surface area contributed by atoms with Crippen LogP contribution in [0.4, 0.5) is 4.39 Å². The Labute approximate surface area is 81.4 Å². The largest absolute Gasteiger partial charge is 0.481 e. The summed E-state index contributed by atoms with van der Waals surface area (Å²) in [5.74, 6) is -1.42. The summed E-state index contributed by atoms with van der Waals surface area (Å²) in [6.45, 7) is 1.68. The number of aliphatic carboxylic acids is 1. The molecule has 0 spiro atoms. The first-order valence-corrected chi connectivity index (χ1v) is 4.26. The Hall–Kier alpha value is -1.42. The quantitative estimate of drug-likeness (QED) is 0.771. The van der Waals surface area contributed by atoms with Gasteiger partial charge in [0.15, 0.2) is 0 Å². The van der Waals surface area contributed by atoms with Gasteiger partial charge in [-0.25, -0.2) is 4.39 Å². The van der Waals surface area contributed by atoms with E-state index in [1.807, 2.05) is 0 Å². The van der Waals surface area contributed by atoms with Gasteiger partial charge in [-0.05, 0) is 18.6 Å². The lowest BCUT2D eigenvalue weighted by Crippen LogP contribution is -2.08. The average molecular weight is 197 g/mol. The number of carbonyl (C=O) groups is 1. The summed E-state index contributed by atoms with van der Waals surface area (Å²) < 4.78 is 13.3. The topological polar surface area (TPSA) is 63.3 Å². The lowest BCUT2D eigenvalue weighted by atomic mass is 10.0. The fraction of sp³-hybridized carbons (Fsp3) is 0.300. The molecule has 0 heterocycles. The van der Waals surface area contributed by atoms with Crippen molar-refractivity contribution in [3.05, 3.63) is 35.1 Å². The third-order valence-electron chi connectivity index (χ3n) is 1.91. The van der Waals surface area contributed by atoms with Crippen LogP contribution in [0, 0.1) is 5.82 Å². The zero-order chi connectivity index (χ0) is 10.7. The second kappa shape index (κ2) is 4.19. The predicted molar refractivity (Wildman–Crippen MR) is 50.3 cm³/mol. The van der Waals surface area contributed by atoms with E-state index in [0.29, 0.717) is 11.1 Å². The number of hydrogen-bond acceptors (Lipinski definition) is 2. The molecule has 0 amide bonds. The van der Waals surface area contributed by atoms with E-state index in [9.17, 15) is 9.18 Å². The van der Waals surface area contributed by atoms with Crippen molar-refractivity contribution in [3.8, 4) is 0 Å². The molecular weight excluding hydrogens is 185 g/mol. The first kappa shape index (κ1) is 10.7. The Morgan fingerprint density at radius 3 is 2.71 bits per heavy atom. The van der Waals surface area contributed by atoms with E-state index in [2.05, 4.69) is 0 Å². The number of carboxylic acid groups (broad SMARTS) is 1.